The van der Waals surface area contributed by atoms with Crippen LogP contribution in [-0.4, -0.2) is 22.1 Å². The van der Waals surface area contributed by atoms with Gasteiger partial charge in [0.15, 0.2) is 0 Å². The third-order valence-corrected chi connectivity index (χ3v) is 2.98. The molecular weight excluding hydrogens is 184 g/mol. The van der Waals surface area contributed by atoms with Crippen LogP contribution in [0.25, 0.3) is 0 Å². The van der Waals surface area contributed by atoms with Gasteiger partial charge in [0.05, 0.1) is 6.10 Å². The number of para-hydroxylation sites is 1. The lowest BCUT2D eigenvalue weighted by Gasteiger charge is -2.07. The molecule has 3 heteroatoms. The van der Waals surface area contributed by atoms with Crippen molar-refractivity contribution in [3.05, 3.63) is 24.3 Å². The Morgan fingerprint density at radius 2 is 2.08 bits per heavy atom. The molecule has 0 bridgehead atoms. The van der Waals surface area contributed by atoms with Crippen molar-refractivity contribution in [1.29, 1.82) is 0 Å². The van der Waals surface area contributed by atoms with Gasteiger partial charge in [-0.2, -0.15) is 0 Å². The second-order valence-corrected chi connectivity index (χ2v) is 3.90. The number of hydrogen-bond donors (Lipinski definition) is 2. The highest BCUT2D eigenvalue weighted by molar-refractivity contribution is 7.99. The molecule has 1 rings (SSSR count). The summed E-state index contributed by atoms with van der Waals surface area (Å²) in [5, 5.41) is 18.7. The molecule has 1 aromatic rings. The van der Waals surface area contributed by atoms with Crippen LogP contribution in [0.5, 0.6) is 5.75 Å². The van der Waals surface area contributed by atoms with Crippen molar-refractivity contribution in [2.45, 2.75) is 24.3 Å². The van der Waals surface area contributed by atoms with Gasteiger partial charge in [-0.15, -0.1) is 11.8 Å². The van der Waals surface area contributed by atoms with Crippen LogP contribution in [0.15, 0.2) is 29.2 Å². The van der Waals surface area contributed by atoms with Crippen molar-refractivity contribution in [2.24, 2.45) is 0 Å². The summed E-state index contributed by atoms with van der Waals surface area (Å²) in [4.78, 5) is 0.829. The van der Waals surface area contributed by atoms with Gasteiger partial charge in [0, 0.05) is 10.6 Å². The lowest BCUT2D eigenvalue weighted by atomic mass is 10.3. The molecule has 2 N–H and O–H groups in total. The predicted molar refractivity (Wildman–Crippen MR) is 55.1 cm³/mol. The quantitative estimate of drug-likeness (QED) is 0.729. The van der Waals surface area contributed by atoms with E-state index in [4.69, 9.17) is 0 Å². The zero-order valence-corrected chi connectivity index (χ0v) is 8.42. The second-order valence-electron chi connectivity index (χ2n) is 2.84. The standard InChI is InChI=1S/C10H14O2S/c1-2-8(11)7-13-10-6-4-3-5-9(10)12/h3-6,8,11-12H,2,7H2,1H3. The number of thioether (sulfide) groups is 1. The minimum atomic E-state index is -0.287. The Bertz CT molecular complexity index is 263. The Balaban J connectivity index is 2.50. The molecule has 1 aromatic carbocycles. The first-order chi connectivity index (χ1) is 6.24. The summed E-state index contributed by atoms with van der Waals surface area (Å²) in [6, 6.07) is 7.17. The van der Waals surface area contributed by atoms with Gasteiger partial charge in [0.2, 0.25) is 0 Å². The Kier molecular flexibility index (Phi) is 4.12. The summed E-state index contributed by atoms with van der Waals surface area (Å²) in [5.74, 6) is 0.921. The lowest BCUT2D eigenvalue weighted by Crippen LogP contribution is -2.06. The maximum atomic E-state index is 9.39. The normalized spacial score (nSPS) is 12.8. The average Bonchev–Trinajstić information content (AvgIpc) is 2.16. The molecule has 0 aliphatic heterocycles. The van der Waals surface area contributed by atoms with Crippen LogP contribution in [0.2, 0.25) is 0 Å². The molecule has 0 radical (unpaired) electrons. The molecule has 0 saturated carbocycles. The van der Waals surface area contributed by atoms with Gasteiger partial charge in [-0.3, -0.25) is 0 Å². The number of aromatic hydroxyl groups is 1. The summed E-state index contributed by atoms with van der Waals surface area (Å²) in [6.45, 7) is 1.94. The SMILES string of the molecule is CCC(O)CSc1ccccc1O. The van der Waals surface area contributed by atoms with Crippen molar-refractivity contribution in [3.63, 3.8) is 0 Å². The highest BCUT2D eigenvalue weighted by Gasteiger charge is 2.04. The first kappa shape index (κ1) is 10.4. The average molecular weight is 198 g/mol. The molecule has 0 aliphatic rings. The zero-order chi connectivity index (χ0) is 9.68. The van der Waals surface area contributed by atoms with Crippen LogP contribution in [0, 0.1) is 0 Å². The number of aliphatic hydroxyl groups is 1. The molecule has 13 heavy (non-hydrogen) atoms. The van der Waals surface area contributed by atoms with Crippen LogP contribution >= 0.6 is 11.8 Å². The van der Waals surface area contributed by atoms with E-state index in [0.717, 1.165) is 11.3 Å². The maximum Gasteiger partial charge on any atom is 0.129 e. The lowest BCUT2D eigenvalue weighted by molar-refractivity contribution is 0.195. The van der Waals surface area contributed by atoms with Crippen molar-refractivity contribution in [2.75, 3.05) is 5.75 Å². The number of hydrogen-bond acceptors (Lipinski definition) is 3. The first-order valence-electron chi connectivity index (χ1n) is 4.33. The van der Waals surface area contributed by atoms with E-state index >= 15 is 0 Å². The third-order valence-electron chi connectivity index (χ3n) is 1.77. The van der Waals surface area contributed by atoms with Crippen LogP contribution in [0.1, 0.15) is 13.3 Å². The third kappa shape index (κ3) is 3.28. The van der Waals surface area contributed by atoms with Crippen LogP contribution < -0.4 is 0 Å². The van der Waals surface area contributed by atoms with Crippen molar-refractivity contribution >= 4 is 11.8 Å². The number of phenolic OH excluding ortho intramolecular Hbond substituents is 1. The number of rotatable bonds is 4. The first-order valence-corrected chi connectivity index (χ1v) is 5.31. The van der Waals surface area contributed by atoms with Gasteiger partial charge in [-0.05, 0) is 18.6 Å². The number of phenols is 1. The van der Waals surface area contributed by atoms with Crippen LogP contribution in [0.4, 0.5) is 0 Å². The van der Waals surface area contributed by atoms with E-state index < -0.39 is 0 Å². The fourth-order valence-electron chi connectivity index (χ4n) is 0.883. The number of benzene rings is 1. The van der Waals surface area contributed by atoms with Gasteiger partial charge in [0.25, 0.3) is 0 Å². The zero-order valence-electron chi connectivity index (χ0n) is 7.60. The molecule has 0 aromatic heterocycles. The molecule has 1 unspecified atom stereocenters. The van der Waals surface area contributed by atoms with Crippen molar-refractivity contribution in [1.82, 2.24) is 0 Å². The van der Waals surface area contributed by atoms with Gasteiger partial charge in [0.1, 0.15) is 5.75 Å². The Hall–Kier alpha value is -0.670. The molecule has 0 saturated heterocycles. The number of aliphatic hydroxyl groups excluding tert-OH is 1. The summed E-state index contributed by atoms with van der Waals surface area (Å²) in [7, 11) is 0. The van der Waals surface area contributed by atoms with Crippen molar-refractivity contribution < 1.29 is 10.2 Å². The second kappa shape index (κ2) is 5.14. The van der Waals surface area contributed by atoms with E-state index in [9.17, 15) is 10.2 Å². The van der Waals surface area contributed by atoms with E-state index in [0.29, 0.717) is 5.75 Å². The maximum absolute atomic E-state index is 9.39. The van der Waals surface area contributed by atoms with Crippen LogP contribution in [-0.2, 0) is 0 Å². The largest absolute Gasteiger partial charge is 0.507 e. The summed E-state index contributed by atoms with van der Waals surface area (Å²) >= 11 is 1.48. The van der Waals surface area contributed by atoms with E-state index in [1.807, 2.05) is 19.1 Å². The molecule has 0 spiro atoms. The van der Waals surface area contributed by atoms with E-state index in [1.54, 1.807) is 12.1 Å². The minimum absolute atomic E-state index is 0.287. The summed E-state index contributed by atoms with van der Waals surface area (Å²) < 4.78 is 0. The fraction of sp³-hybridized carbons (Fsp3) is 0.400. The predicted octanol–water partition coefficient (Wildman–Crippen LogP) is 2.26. The minimum Gasteiger partial charge on any atom is -0.507 e. The van der Waals surface area contributed by atoms with E-state index in [-0.39, 0.29) is 11.9 Å². The van der Waals surface area contributed by atoms with Gasteiger partial charge in [-0.1, -0.05) is 19.1 Å². The van der Waals surface area contributed by atoms with E-state index in [2.05, 4.69) is 0 Å². The molecule has 0 aliphatic carbocycles. The smallest absolute Gasteiger partial charge is 0.129 e. The Labute approximate surface area is 82.6 Å². The Morgan fingerprint density at radius 1 is 1.38 bits per heavy atom. The Morgan fingerprint density at radius 3 is 2.69 bits per heavy atom. The molecular formula is C10H14O2S. The molecule has 2 nitrogen and oxygen atoms in total. The van der Waals surface area contributed by atoms with Gasteiger partial charge < -0.3 is 10.2 Å². The molecule has 0 heterocycles. The molecule has 0 fully saturated rings. The van der Waals surface area contributed by atoms with Crippen molar-refractivity contribution in [3.8, 4) is 5.75 Å². The molecule has 1 atom stereocenters. The van der Waals surface area contributed by atoms with E-state index in [1.165, 1.54) is 11.8 Å². The topological polar surface area (TPSA) is 40.5 Å². The monoisotopic (exact) mass is 198 g/mol. The van der Waals surface area contributed by atoms with Gasteiger partial charge in [-0.25, -0.2) is 0 Å². The highest BCUT2D eigenvalue weighted by atomic mass is 32.2. The molecule has 0 amide bonds. The fourth-order valence-corrected chi connectivity index (χ4v) is 1.88. The summed E-state index contributed by atoms with van der Waals surface area (Å²) in [6.07, 6.45) is 0.463. The van der Waals surface area contributed by atoms with Gasteiger partial charge >= 0.3 is 0 Å². The summed E-state index contributed by atoms with van der Waals surface area (Å²) in [5.41, 5.74) is 0. The molecule has 72 valence electrons. The van der Waals surface area contributed by atoms with Crippen LogP contribution in [0.3, 0.4) is 0 Å². The highest BCUT2D eigenvalue weighted by Crippen LogP contribution is 2.28.